The maximum atomic E-state index is 12.7. The highest BCUT2D eigenvalue weighted by Crippen LogP contribution is 2.33. The van der Waals surface area contributed by atoms with E-state index in [9.17, 15) is 8.78 Å². The molecule has 0 bridgehead atoms. The third-order valence-electron chi connectivity index (χ3n) is 2.50. The second-order valence-corrected chi connectivity index (χ2v) is 4.63. The van der Waals surface area contributed by atoms with Gasteiger partial charge in [0.05, 0.1) is 10.4 Å². The molecule has 90 valence electrons. The van der Waals surface area contributed by atoms with Gasteiger partial charge in [-0.1, -0.05) is 24.3 Å². The average Bonchev–Trinajstić information content (AvgIpc) is 2.78. The van der Waals surface area contributed by atoms with Gasteiger partial charge in [0.15, 0.2) is 0 Å². The summed E-state index contributed by atoms with van der Waals surface area (Å²) in [5, 5.41) is 0. The van der Waals surface area contributed by atoms with Crippen LogP contribution in [-0.2, 0) is 0 Å². The predicted molar refractivity (Wildman–Crippen MR) is 65.1 cm³/mol. The van der Waals surface area contributed by atoms with Crippen LogP contribution in [0.2, 0.25) is 0 Å². The topological polar surface area (TPSA) is 38.9 Å². The van der Waals surface area contributed by atoms with Gasteiger partial charge in [-0.05, 0) is 18.1 Å². The monoisotopic (exact) mass is 254 g/mol. The van der Waals surface area contributed by atoms with Gasteiger partial charge in [-0.25, -0.2) is 13.8 Å². The van der Waals surface area contributed by atoms with Crippen LogP contribution in [0.3, 0.4) is 0 Å². The Morgan fingerprint density at radius 2 is 1.88 bits per heavy atom. The molecule has 1 heterocycles. The minimum atomic E-state index is -2.54. The highest BCUT2D eigenvalue weighted by Gasteiger charge is 2.17. The summed E-state index contributed by atoms with van der Waals surface area (Å²) < 4.78 is 25.4. The van der Waals surface area contributed by atoms with Gasteiger partial charge in [0.25, 0.3) is 6.43 Å². The van der Waals surface area contributed by atoms with Crippen LogP contribution in [0.4, 0.5) is 8.78 Å². The molecule has 5 heteroatoms. The second-order valence-electron chi connectivity index (χ2n) is 3.78. The first-order valence-electron chi connectivity index (χ1n) is 5.17. The lowest BCUT2D eigenvalue weighted by Crippen LogP contribution is -2.04. The molecule has 2 N–H and O–H groups in total. The fourth-order valence-corrected chi connectivity index (χ4v) is 2.37. The molecule has 1 atom stereocenters. The molecule has 1 aromatic carbocycles. The van der Waals surface area contributed by atoms with Crippen LogP contribution >= 0.6 is 11.3 Å². The highest BCUT2D eigenvalue weighted by atomic mass is 32.1. The van der Waals surface area contributed by atoms with E-state index in [4.69, 9.17) is 5.73 Å². The molecule has 0 aliphatic carbocycles. The zero-order valence-electron chi connectivity index (χ0n) is 9.23. The Morgan fingerprint density at radius 1 is 1.24 bits per heavy atom. The Bertz CT molecular complexity index is 491. The van der Waals surface area contributed by atoms with E-state index in [1.165, 1.54) is 16.8 Å². The summed E-state index contributed by atoms with van der Waals surface area (Å²) in [4.78, 5) is 4.22. The summed E-state index contributed by atoms with van der Waals surface area (Å²) >= 11 is 1.22. The van der Waals surface area contributed by atoms with Crippen LogP contribution in [0.25, 0.3) is 10.4 Å². The van der Waals surface area contributed by atoms with Gasteiger partial charge in [-0.3, -0.25) is 0 Å². The fourth-order valence-electron chi connectivity index (χ4n) is 1.56. The molecular formula is C12H12F2N2S. The zero-order valence-corrected chi connectivity index (χ0v) is 10.0. The largest absolute Gasteiger partial charge is 0.324 e. The van der Waals surface area contributed by atoms with E-state index in [1.807, 2.05) is 19.1 Å². The number of nitrogens with two attached hydrogens (primary N) is 1. The van der Waals surface area contributed by atoms with Gasteiger partial charge in [0.2, 0.25) is 0 Å². The van der Waals surface area contributed by atoms with E-state index >= 15 is 0 Å². The number of rotatable bonds is 3. The Labute approximate surface area is 102 Å². The molecule has 0 radical (unpaired) electrons. The van der Waals surface area contributed by atoms with Crippen molar-refractivity contribution in [3.05, 3.63) is 41.0 Å². The van der Waals surface area contributed by atoms with Crippen molar-refractivity contribution in [2.24, 2.45) is 5.73 Å². The number of halogens is 2. The quantitative estimate of drug-likeness (QED) is 0.905. The van der Waals surface area contributed by atoms with E-state index in [0.29, 0.717) is 4.88 Å². The van der Waals surface area contributed by atoms with Gasteiger partial charge in [0, 0.05) is 6.04 Å². The zero-order chi connectivity index (χ0) is 12.4. The number of hydrogen-bond donors (Lipinski definition) is 1. The van der Waals surface area contributed by atoms with Crippen molar-refractivity contribution in [3.8, 4) is 10.4 Å². The molecule has 0 unspecified atom stereocenters. The van der Waals surface area contributed by atoms with E-state index in [0.717, 1.165) is 11.1 Å². The first kappa shape index (κ1) is 12.1. The molecule has 0 aliphatic rings. The number of benzene rings is 1. The summed E-state index contributed by atoms with van der Waals surface area (Å²) in [6.07, 6.45) is -2.54. The summed E-state index contributed by atoms with van der Waals surface area (Å²) in [7, 11) is 0. The number of thiazole rings is 1. The van der Waals surface area contributed by atoms with E-state index in [-0.39, 0.29) is 11.7 Å². The molecule has 0 fully saturated rings. The van der Waals surface area contributed by atoms with Gasteiger partial charge < -0.3 is 5.73 Å². The van der Waals surface area contributed by atoms with Crippen LogP contribution in [0, 0.1) is 0 Å². The fraction of sp³-hybridized carbons (Fsp3) is 0.250. The molecule has 0 saturated carbocycles. The normalized spacial score (nSPS) is 13.0. The van der Waals surface area contributed by atoms with Gasteiger partial charge in [-0.2, -0.15) is 0 Å². The minimum absolute atomic E-state index is 0.0555. The molecule has 0 amide bonds. The Morgan fingerprint density at radius 3 is 2.41 bits per heavy atom. The average molecular weight is 254 g/mol. The lowest BCUT2D eigenvalue weighted by Gasteiger charge is -2.07. The van der Waals surface area contributed by atoms with Crippen molar-refractivity contribution in [2.45, 2.75) is 19.4 Å². The van der Waals surface area contributed by atoms with Gasteiger partial charge in [0.1, 0.15) is 5.69 Å². The standard InChI is InChI=1S/C12H12F2N2S/c1-7(15)8-2-4-9(5-3-8)11-10(12(13)14)16-6-17-11/h2-7,12H,15H2,1H3/t7-/m0/s1. The smallest absolute Gasteiger partial charge is 0.281 e. The molecule has 2 nitrogen and oxygen atoms in total. The van der Waals surface area contributed by atoms with E-state index in [2.05, 4.69) is 4.98 Å². The van der Waals surface area contributed by atoms with Crippen LogP contribution < -0.4 is 5.73 Å². The summed E-state index contributed by atoms with van der Waals surface area (Å²) in [6, 6.07) is 7.26. The van der Waals surface area contributed by atoms with Crippen LogP contribution in [0.5, 0.6) is 0 Å². The number of aromatic nitrogens is 1. The molecule has 0 saturated heterocycles. The first-order chi connectivity index (χ1) is 8.09. The maximum Gasteiger partial charge on any atom is 0.281 e. The lowest BCUT2D eigenvalue weighted by atomic mass is 10.1. The van der Waals surface area contributed by atoms with Crippen molar-refractivity contribution < 1.29 is 8.78 Å². The Balaban J connectivity index is 2.37. The Hall–Kier alpha value is -1.33. The van der Waals surface area contributed by atoms with Crippen LogP contribution in [0.15, 0.2) is 29.8 Å². The SMILES string of the molecule is C[C@H](N)c1ccc(-c2scnc2C(F)F)cc1. The molecule has 2 rings (SSSR count). The van der Waals surface area contributed by atoms with Crippen molar-refractivity contribution in [2.75, 3.05) is 0 Å². The molecule has 0 spiro atoms. The van der Waals surface area contributed by atoms with Crippen molar-refractivity contribution >= 4 is 11.3 Å². The van der Waals surface area contributed by atoms with Crippen molar-refractivity contribution in [1.29, 1.82) is 0 Å². The second kappa shape index (κ2) is 4.89. The van der Waals surface area contributed by atoms with Crippen molar-refractivity contribution in [3.63, 3.8) is 0 Å². The van der Waals surface area contributed by atoms with Crippen LogP contribution in [0.1, 0.15) is 30.6 Å². The number of alkyl halides is 2. The first-order valence-corrected chi connectivity index (χ1v) is 6.05. The third kappa shape index (κ3) is 2.50. The van der Waals surface area contributed by atoms with Gasteiger partial charge in [-0.15, -0.1) is 11.3 Å². The maximum absolute atomic E-state index is 12.7. The molecule has 17 heavy (non-hydrogen) atoms. The Kier molecular flexibility index (Phi) is 3.49. The number of hydrogen-bond acceptors (Lipinski definition) is 3. The summed E-state index contributed by atoms with van der Waals surface area (Å²) in [5.74, 6) is 0. The summed E-state index contributed by atoms with van der Waals surface area (Å²) in [5.41, 5.74) is 8.76. The van der Waals surface area contributed by atoms with E-state index < -0.39 is 6.43 Å². The summed E-state index contributed by atoms with van der Waals surface area (Å²) in [6.45, 7) is 1.88. The molecule has 2 aromatic rings. The molecular weight excluding hydrogens is 242 g/mol. The molecule has 0 aliphatic heterocycles. The minimum Gasteiger partial charge on any atom is -0.324 e. The van der Waals surface area contributed by atoms with E-state index in [1.54, 1.807) is 12.1 Å². The highest BCUT2D eigenvalue weighted by molar-refractivity contribution is 7.13. The number of nitrogens with zero attached hydrogens (tertiary/aromatic N) is 1. The van der Waals surface area contributed by atoms with Crippen molar-refractivity contribution in [1.82, 2.24) is 4.98 Å². The molecule has 1 aromatic heterocycles. The van der Waals surface area contributed by atoms with Gasteiger partial charge >= 0.3 is 0 Å². The van der Waals surface area contributed by atoms with Crippen LogP contribution in [-0.4, -0.2) is 4.98 Å². The predicted octanol–water partition coefficient (Wildman–Crippen LogP) is 3.77. The third-order valence-corrected chi connectivity index (χ3v) is 3.39. The lowest BCUT2D eigenvalue weighted by molar-refractivity contribution is 0.147.